The summed E-state index contributed by atoms with van der Waals surface area (Å²) in [5.74, 6) is 0. The Hall–Kier alpha value is -2.37. The second kappa shape index (κ2) is 6.39. The number of likely N-dealkylation sites (N-methyl/N-ethyl adjacent to an activating group) is 1. The van der Waals surface area contributed by atoms with Gasteiger partial charge in [0, 0.05) is 0 Å². The number of aryl methyl sites for hydroxylation is 1. The van der Waals surface area contributed by atoms with Crippen molar-refractivity contribution in [1.82, 2.24) is 4.90 Å². The van der Waals surface area contributed by atoms with E-state index in [1.165, 1.54) is 5.56 Å². The number of rotatable bonds is 4. The van der Waals surface area contributed by atoms with Gasteiger partial charge in [0.25, 0.3) is 0 Å². The van der Waals surface area contributed by atoms with Gasteiger partial charge in [-0.25, -0.2) is 0 Å². The van der Waals surface area contributed by atoms with E-state index in [4.69, 9.17) is 0 Å². The third kappa shape index (κ3) is 3.21. The van der Waals surface area contributed by atoms with Gasteiger partial charge in [0.15, 0.2) is 5.54 Å². The highest BCUT2D eigenvalue weighted by Gasteiger charge is 2.31. The molecule has 0 bridgehead atoms. The Kier molecular flexibility index (Phi) is 4.57. The van der Waals surface area contributed by atoms with Crippen LogP contribution in [0, 0.1) is 18.3 Å². The molecule has 0 saturated carbocycles. The summed E-state index contributed by atoms with van der Waals surface area (Å²) in [7, 11) is 3.86. The van der Waals surface area contributed by atoms with Crippen LogP contribution in [0.25, 0.3) is 6.08 Å². The summed E-state index contributed by atoms with van der Waals surface area (Å²) in [5.41, 5.74) is 2.50. The molecule has 0 aliphatic carbocycles. The minimum atomic E-state index is -0.760. The van der Waals surface area contributed by atoms with Crippen molar-refractivity contribution < 1.29 is 0 Å². The molecule has 2 aromatic rings. The Balaban J connectivity index is 2.45. The highest BCUT2D eigenvalue weighted by atomic mass is 15.1. The first-order chi connectivity index (χ1) is 10.1. The van der Waals surface area contributed by atoms with E-state index in [9.17, 15) is 5.26 Å². The van der Waals surface area contributed by atoms with E-state index in [0.29, 0.717) is 0 Å². The largest absolute Gasteiger partial charge is 0.285 e. The lowest BCUT2D eigenvalue weighted by molar-refractivity contribution is 0.276. The number of nitrogens with zero attached hydrogens (tertiary/aromatic N) is 2. The van der Waals surface area contributed by atoms with Crippen LogP contribution in [0.3, 0.4) is 0 Å². The quantitative estimate of drug-likeness (QED) is 0.844. The Morgan fingerprint density at radius 1 is 1.00 bits per heavy atom. The molecule has 0 spiro atoms. The van der Waals surface area contributed by atoms with E-state index in [1.54, 1.807) is 0 Å². The van der Waals surface area contributed by atoms with Gasteiger partial charge in [0.05, 0.1) is 6.07 Å². The van der Waals surface area contributed by atoms with Crippen LogP contribution in [-0.2, 0) is 5.54 Å². The molecule has 2 aromatic carbocycles. The van der Waals surface area contributed by atoms with Crippen LogP contribution in [-0.4, -0.2) is 19.0 Å². The van der Waals surface area contributed by atoms with Gasteiger partial charge in [-0.15, -0.1) is 0 Å². The molecule has 0 heterocycles. The first-order valence-corrected chi connectivity index (χ1v) is 6.98. The van der Waals surface area contributed by atoms with Crippen LogP contribution < -0.4 is 0 Å². The van der Waals surface area contributed by atoms with Crippen LogP contribution in [0.1, 0.15) is 16.7 Å². The van der Waals surface area contributed by atoms with Crippen molar-refractivity contribution in [1.29, 1.82) is 5.26 Å². The normalized spacial score (nSPS) is 14.0. The molecule has 0 aromatic heterocycles. The minimum Gasteiger partial charge on any atom is -0.285 e. The lowest BCUT2D eigenvalue weighted by atomic mass is 9.88. The van der Waals surface area contributed by atoms with Crippen molar-refractivity contribution in [3.05, 3.63) is 77.4 Å². The fourth-order valence-electron chi connectivity index (χ4n) is 2.29. The van der Waals surface area contributed by atoms with E-state index >= 15 is 0 Å². The topological polar surface area (TPSA) is 27.0 Å². The lowest BCUT2D eigenvalue weighted by Crippen LogP contribution is -2.38. The molecule has 0 aliphatic heterocycles. The van der Waals surface area contributed by atoms with Crippen LogP contribution in [0.15, 0.2) is 60.7 Å². The monoisotopic (exact) mass is 276 g/mol. The van der Waals surface area contributed by atoms with Crippen molar-refractivity contribution in [3.8, 4) is 6.07 Å². The van der Waals surface area contributed by atoms with Gasteiger partial charge in [-0.2, -0.15) is 5.26 Å². The standard InChI is InChI=1S/C19H20N2/c1-16-9-11-18(12-10-16)19(15-20,21(2)3)14-13-17-7-5-4-6-8-17/h4-14H,1-3H3/b14-13+. The summed E-state index contributed by atoms with van der Waals surface area (Å²) in [4.78, 5) is 1.94. The number of benzene rings is 2. The number of nitriles is 1. The molecule has 1 unspecified atom stereocenters. The Morgan fingerprint density at radius 2 is 1.62 bits per heavy atom. The first-order valence-electron chi connectivity index (χ1n) is 6.98. The maximum atomic E-state index is 9.80. The molecule has 0 saturated heterocycles. The fourth-order valence-corrected chi connectivity index (χ4v) is 2.29. The van der Waals surface area contributed by atoms with E-state index in [1.807, 2.05) is 92.7 Å². The summed E-state index contributed by atoms with van der Waals surface area (Å²) in [6, 6.07) is 20.6. The minimum absolute atomic E-state index is 0.760. The number of hydrogen-bond acceptors (Lipinski definition) is 2. The molecular formula is C19H20N2. The lowest BCUT2D eigenvalue weighted by Gasteiger charge is -2.31. The van der Waals surface area contributed by atoms with Crippen molar-refractivity contribution in [2.24, 2.45) is 0 Å². The van der Waals surface area contributed by atoms with E-state index in [-0.39, 0.29) is 0 Å². The zero-order valence-electron chi connectivity index (χ0n) is 12.7. The second-order valence-corrected chi connectivity index (χ2v) is 5.38. The Morgan fingerprint density at radius 3 is 2.14 bits per heavy atom. The second-order valence-electron chi connectivity index (χ2n) is 5.38. The van der Waals surface area contributed by atoms with Crippen molar-refractivity contribution in [2.45, 2.75) is 12.5 Å². The van der Waals surface area contributed by atoms with Crippen LogP contribution in [0.2, 0.25) is 0 Å². The third-order valence-electron chi connectivity index (χ3n) is 3.68. The van der Waals surface area contributed by atoms with Crippen molar-refractivity contribution in [2.75, 3.05) is 14.1 Å². The molecule has 2 heteroatoms. The molecule has 0 fully saturated rings. The molecule has 0 radical (unpaired) electrons. The molecule has 0 aliphatic rings. The summed E-state index contributed by atoms with van der Waals surface area (Å²) in [6.45, 7) is 2.05. The van der Waals surface area contributed by atoms with E-state index < -0.39 is 5.54 Å². The molecule has 2 rings (SSSR count). The summed E-state index contributed by atoms with van der Waals surface area (Å²) >= 11 is 0. The van der Waals surface area contributed by atoms with Gasteiger partial charge in [-0.1, -0.05) is 66.2 Å². The van der Waals surface area contributed by atoms with Gasteiger partial charge < -0.3 is 0 Å². The zero-order chi connectivity index (χ0) is 15.3. The summed E-state index contributed by atoms with van der Waals surface area (Å²) in [5, 5.41) is 9.80. The average molecular weight is 276 g/mol. The molecule has 106 valence electrons. The highest BCUT2D eigenvalue weighted by Crippen LogP contribution is 2.28. The van der Waals surface area contributed by atoms with Gasteiger partial charge >= 0.3 is 0 Å². The zero-order valence-corrected chi connectivity index (χ0v) is 12.7. The third-order valence-corrected chi connectivity index (χ3v) is 3.68. The maximum absolute atomic E-state index is 9.80. The first kappa shape index (κ1) is 15.0. The number of hydrogen-bond donors (Lipinski definition) is 0. The summed E-state index contributed by atoms with van der Waals surface area (Å²) < 4.78 is 0. The van der Waals surface area contributed by atoms with Gasteiger partial charge in [0.2, 0.25) is 0 Å². The maximum Gasteiger partial charge on any atom is 0.153 e. The van der Waals surface area contributed by atoms with E-state index in [0.717, 1.165) is 11.1 Å². The van der Waals surface area contributed by atoms with Crippen LogP contribution in [0.4, 0.5) is 0 Å². The Labute approximate surface area is 127 Å². The molecular weight excluding hydrogens is 256 g/mol. The molecule has 2 nitrogen and oxygen atoms in total. The van der Waals surface area contributed by atoms with Crippen LogP contribution in [0.5, 0.6) is 0 Å². The predicted molar refractivity (Wildman–Crippen MR) is 87.6 cm³/mol. The summed E-state index contributed by atoms with van der Waals surface area (Å²) in [6.07, 6.45) is 3.97. The fraction of sp³-hybridized carbons (Fsp3) is 0.211. The molecule has 0 N–H and O–H groups in total. The predicted octanol–water partition coefficient (Wildman–Crippen LogP) is 3.99. The van der Waals surface area contributed by atoms with Crippen LogP contribution >= 0.6 is 0 Å². The smallest absolute Gasteiger partial charge is 0.153 e. The molecule has 0 amide bonds. The molecule has 21 heavy (non-hydrogen) atoms. The van der Waals surface area contributed by atoms with Gasteiger partial charge in [-0.3, -0.25) is 4.90 Å². The van der Waals surface area contributed by atoms with Crippen molar-refractivity contribution >= 4 is 6.08 Å². The van der Waals surface area contributed by atoms with Gasteiger partial charge in [0.1, 0.15) is 0 Å². The van der Waals surface area contributed by atoms with Gasteiger partial charge in [-0.05, 0) is 38.2 Å². The average Bonchev–Trinajstić information content (AvgIpc) is 2.50. The SMILES string of the molecule is Cc1ccc(C(C#N)(/C=C/c2ccccc2)N(C)C)cc1. The van der Waals surface area contributed by atoms with Crippen molar-refractivity contribution in [3.63, 3.8) is 0 Å². The Bertz CT molecular complexity index is 648. The van der Waals surface area contributed by atoms with E-state index in [2.05, 4.69) is 6.07 Å². The highest BCUT2D eigenvalue weighted by molar-refractivity contribution is 5.54. The molecule has 1 atom stereocenters.